The van der Waals surface area contributed by atoms with Crippen molar-refractivity contribution in [1.82, 2.24) is 9.55 Å². The number of esters is 1. The van der Waals surface area contributed by atoms with E-state index in [1.165, 1.54) is 0 Å². The summed E-state index contributed by atoms with van der Waals surface area (Å²) in [7, 11) is 0. The number of hydrogen-bond donors (Lipinski definition) is 1. The summed E-state index contributed by atoms with van der Waals surface area (Å²) in [5.41, 5.74) is 7.18. The lowest BCUT2D eigenvalue weighted by Gasteiger charge is -2.05. The summed E-state index contributed by atoms with van der Waals surface area (Å²) in [5.74, 6) is -0.0752. The highest BCUT2D eigenvalue weighted by molar-refractivity contribution is 6.31. The molecule has 0 aliphatic rings. The molecule has 6 heteroatoms. The van der Waals surface area contributed by atoms with Crippen LogP contribution in [0.1, 0.15) is 6.92 Å². The zero-order valence-corrected chi connectivity index (χ0v) is 10.1. The molecule has 1 aromatic carbocycles. The highest BCUT2D eigenvalue weighted by Gasteiger charge is 2.12. The van der Waals surface area contributed by atoms with Gasteiger partial charge in [-0.2, -0.15) is 0 Å². The number of carbonyl (C=O) groups excluding carboxylic acids is 1. The Labute approximate surface area is 103 Å². The topological polar surface area (TPSA) is 70.1 Å². The molecule has 0 aliphatic carbocycles. The van der Waals surface area contributed by atoms with Gasteiger partial charge in [-0.15, -0.1) is 0 Å². The Balaban J connectivity index is 2.41. The van der Waals surface area contributed by atoms with Crippen molar-refractivity contribution >= 4 is 34.6 Å². The number of nitrogens with zero attached hydrogens (tertiary/aromatic N) is 2. The van der Waals surface area contributed by atoms with Crippen LogP contribution in [0.25, 0.3) is 11.0 Å². The summed E-state index contributed by atoms with van der Waals surface area (Å²) >= 11 is 5.90. The van der Waals surface area contributed by atoms with Gasteiger partial charge in [-0.25, -0.2) is 4.98 Å². The summed E-state index contributed by atoms with van der Waals surface area (Å²) in [4.78, 5) is 15.6. The number of nitrogen functional groups attached to an aromatic ring is 1. The molecule has 2 rings (SSSR count). The van der Waals surface area contributed by atoms with Gasteiger partial charge in [0.1, 0.15) is 6.54 Å². The molecular formula is C11H12ClN3O2. The lowest BCUT2D eigenvalue weighted by molar-refractivity contribution is -0.143. The molecule has 0 amide bonds. The number of fused-ring (bicyclic) bond motifs is 1. The Kier molecular flexibility index (Phi) is 3.19. The number of nitrogens with two attached hydrogens (primary N) is 1. The molecule has 0 saturated heterocycles. The zero-order chi connectivity index (χ0) is 12.4. The van der Waals surface area contributed by atoms with Crippen LogP contribution in [0.15, 0.2) is 18.2 Å². The lowest BCUT2D eigenvalue weighted by Crippen LogP contribution is -2.15. The Morgan fingerprint density at radius 2 is 2.35 bits per heavy atom. The van der Waals surface area contributed by atoms with Gasteiger partial charge < -0.3 is 10.5 Å². The van der Waals surface area contributed by atoms with Gasteiger partial charge in [-0.1, -0.05) is 11.6 Å². The van der Waals surface area contributed by atoms with Crippen molar-refractivity contribution < 1.29 is 9.53 Å². The fourth-order valence-corrected chi connectivity index (χ4v) is 1.78. The molecule has 0 fully saturated rings. The molecule has 0 saturated carbocycles. The van der Waals surface area contributed by atoms with Gasteiger partial charge in [0.2, 0.25) is 5.95 Å². The number of rotatable bonds is 3. The molecule has 0 atom stereocenters. The number of benzene rings is 1. The number of carbonyl (C=O) groups is 1. The van der Waals surface area contributed by atoms with E-state index in [0.717, 1.165) is 5.52 Å². The molecule has 5 nitrogen and oxygen atoms in total. The van der Waals surface area contributed by atoms with Crippen LogP contribution < -0.4 is 5.73 Å². The monoisotopic (exact) mass is 253 g/mol. The second-order valence-electron chi connectivity index (χ2n) is 3.49. The third-order valence-corrected chi connectivity index (χ3v) is 2.57. The molecular weight excluding hydrogens is 242 g/mol. The Bertz CT molecular complexity index is 565. The van der Waals surface area contributed by atoms with Gasteiger partial charge in [0, 0.05) is 5.02 Å². The number of hydrogen-bond acceptors (Lipinski definition) is 4. The number of anilines is 1. The van der Waals surface area contributed by atoms with Gasteiger partial charge in [0.25, 0.3) is 0 Å². The molecule has 2 aromatic rings. The van der Waals surface area contributed by atoms with Crippen LogP contribution in [-0.2, 0) is 16.1 Å². The van der Waals surface area contributed by atoms with Crippen molar-refractivity contribution in [2.24, 2.45) is 0 Å². The van der Waals surface area contributed by atoms with E-state index < -0.39 is 0 Å². The fourth-order valence-electron chi connectivity index (χ4n) is 1.62. The van der Waals surface area contributed by atoms with Crippen molar-refractivity contribution in [3.8, 4) is 0 Å². The van der Waals surface area contributed by atoms with E-state index >= 15 is 0 Å². The maximum absolute atomic E-state index is 11.4. The van der Waals surface area contributed by atoms with Crippen LogP contribution in [0, 0.1) is 0 Å². The van der Waals surface area contributed by atoms with Crippen LogP contribution in [0.5, 0.6) is 0 Å². The average Bonchev–Trinajstić information content (AvgIpc) is 2.56. The Hall–Kier alpha value is -1.75. The third-order valence-electron chi connectivity index (χ3n) is 2.33. The second kappa shape index (κ2) is 4.63. The first-order chi connectivity index (χ1) is 8.11. The van der Waals surface area contributed by atoms with Gasteiger partial charge >= 0.3 is 5.97 Å². The van der Waals surface area contributed by atoms with E-state index in [2.05, 4.69) is 4.98 Å². The summed E-state index contributed by atoms with van der Waals surface area (Å²) in [5, 5.41) is 0.572. The van der Waals surface area contributed by atoms with Crippen molar-refractivity contribution in [3.63, 3.8) is 0 Å². The van der Waals surface area contributed by atoms with E-state index in [1.807, 2.05) is 0 Å². The molecule has 1 aromatic heterocycles. The normalized spacial score (nSPS) is 10.7. The zero-order valence-electron chi connectivity index (χ0n) is 9.31. The van der Waals surface area contributed by atoms with E-state index in [0.29, 0.717) is 17.1 Å². The van der Waals surface area contributed by atoms with E-state index in [-0.39, 0.29) is 18.5 Å². The van der Waals surface area contributed by atoms with Crippen LogP contribution >= 0.6 is 11.6 Å². The van der Waals surface area contributed by atoms with Gasteiger partial charge in [-0.05, 0) is 25.1 Å². The minimum atomic E-state index is -0.349. The molecule has 90 valence electrons. The Morgan fingerprint density at radius 3 is 3.06 bits per heavy atom. The molecule has 17 heavy (non-hydrogen) atoms. The smallest absolute Gasteiger partial charge is 0.326 e. The van der Waals surface area contributed by atoms with E-state index in [9.17, 15) is 4.79 Å². The standard InChI is InChI=1S/C11H12ClN3O2/c1-2-17-10(16)6-15-9-5-7(12)3-4-8(9)14-11(15)13/h3-5H,2,6H2,1H3,(H2,13,14). The molecule has 2 N–H and O–H groups in total. The first-order valence-corrected chi connectivity index (χ1v) is 5.56. The van der Waals surface area contributed by atoms with E-state index in [4.69, 9.17) is 22.1 Å². The lowest BCUT2D eigenvalue weighted by atomic mass is 10.3. The predicted molar refractivity (Wildman–Crippen MR) is 65.8 cm³/mol. The highest BCUT2D eigenvalue weighted by Crippen LogP contribution is 2.21. The first kappa shape index (κ1) is 11.7. The van der Waals surface area contributed by atoms with Gasteiger partial charge in [0.05, 0.1) is 17.6 Å². The van der Waals surface area contributed by atoms with Crippen LogP contribution in [-0.4, -0.2) is 22.1 Å². The van der Waals surface area contributed by atoms with Crippen molar-refractivity contribution in [2.75, 3.05) is 12.3 Å². The van der Waals surface area contributed by atoms with Gasteiger partial charge in [0.15, 0.2) is 0 Å². The van der Waals surface area contributed by atoms with Crippen molar-refractivity contribution in [2.45, 2.75) is 13.5 Å². The number of aromatic nitrogens is 2. The first-order valence-electron chi connectivity index (χ1n) is 5.18. The average molecular weight is 254 g/mol. The Morgan fingerprint density at radius 1 is 1.59 bits per heavy atom. The SMILES string of the molecule is CCOC(=O)Cn1c(N)nc2ccc(Cl)cc21. The van der Waals surface area contributed by atoms with Gasteiger partial charge in [-0.3, -0.25) is 9.36 Å². The fraction of sp³-hybridized carbons (Fsp3) is 0.273. The summed E-state index contributed by atoms with van der Waals surface area (Å²) in [6, 6.07) is 5.21. The third kappa shape index (κ3) is 2.34. The van der Waals surface area contributed by atoms with Crippen molar-refractivity contribution in [3.05, 3.63) is 23.2 Å². The largest absolute Gasteiger partial charge is 0.465 e. The quantitative estimate of drug-likeness (QED) is 0.848. The number of imidazole rings is 1. The minimum absolute atomic E-state index is 0.0382. The molecule has 0 spiro atoms. The van der Waals surface area contributed by atoms with Crippen LogP contribution in [0.4, 0.5) is 5.95 Å². The summed E-state index contributed by atoms with van der Waals surface area (Å²) in [6.07, 6.45) is 0. The minimum Gasteiger partial charge on any atom is -0.465 e. The molecule has 0 unspecified atom stereocenters. The van der Waals surface area contributed by atoms with Crippen LogP contribution in [0.3, 0.4) is 0 Å². The maximum atomic E-state index is 11.4. The maximum Gasteiger partial charge on any atom is 0.326 e. The van der Waals surface area contributed by atoms with Crippen LogP contribution in [0.2, 0.25) is 5.02 Å². The summed E-state index contributed by atoms with van der Waals surface area (Å²) in [6.45, 7) is 2.13. The number of ether oxygens (including phenoxy) is 1. The second-order valence-corrected chi connectivity index (χ2v) is 3.93. The number of halogens is 1. The molecule has 0 radical (unpaired) electrons. The van der Waals surface area contributed by atoms with Crippen molar-refractivity contribution in [1.29, 1.82) is 0 Å². The molecule has 1 heterocycles. The van der Waals surface area contributed by atoms with E-state index in [1.54, 1.807) is 29.7 Å². The molecule has 0 aliphatic heterocycles. The molecule has 0 bridgehead atoms. The summed E-state index contributed by atoms with van der Waals surface area (Å²) < 4.78 is 6.46. The highest BCUT2D eigenvalue weighted by atomic mass is 35.5. The predicted octanol–water partition coefficient (Wildman–Crippen LogP) is 1.83.